The first-order valence-electron chi connectivity index (χ1n) is 3.29. The Bertz CT molecular complexity index is 126. The predicted octanol–water partition coefficient (Wildman–Crippen LogP) is -1.77. The molecule has 0 aromatic rings. The molecule has 0 spiro atoms. The second kappa shape index (κ2) is 5.06. The number of rotatable bonds is 4. The Kier molecular flexibility index (Phi) is 4.76. The van der Waals surface area contributed by atoms with Crippen molar-refractivity contribution in [3.05, 3.63) is 0 Å². The lowest BCUT2D eigenvalue weighted by atomic mass is 10.4. The summed E-state index contributed by atoms with van der Waals surface area (Å²) in [6.07, 6.45) is -1.02. The molecule has 0 saturated heterocycles. The van der Waals surface area contributed by atoms with Crippen LogP contribution in [0.2, 0.25) is 0 Å². The average Bonchev–Trinajstić information content (AvgIpc) is 1.99. The lowest BCUT2D eigenvalue weighted by Crippen LogP contribution is -2.32. The topological polar surface area (TPSA) is 92.8 Å². The fourth-order valence-corrected chi connectivity index (χ4v) is 0.362. The number of hydrogen-bond acceptors (Lipinski definition) is 5. The van der Waals surface area contributed by atoms with Crippen LogP contribution in [0.25, 0.3) is 0 Å². The van der Waals surface area contributed by atoms with Gasteiger partial charge in [0, 0.05) is 0 Å². The van der Waals surface area contributed by atoms with E-state index in [0.717, 1.165) is 0 Å². The molecule has 0 rings (SSSR count). The van der Waals surface area contributed by atoms with Crippen LogP contribution in [0.4, 0.5) is 0 Å². The molecule has 0 aromatic heterocycles. The van der Waals surface area contributed by atoms with Gasteiger partial charge in [-0.3, -0.25) is 4.79 Å². The van der Waals surface area contributed by atoms with E-state index in [0.29, 0.717) is 0 Å². The summed E-state index contributed by atoms with van der Waals surface area (Å²) < 4.78 is 4.48. The normalized spacial score (nSPS) is 15.6. The quantitative estimate of drug-likeness (QED) is 0.426. The monoisotopic (exact) mass is 163 g/mol. The highest BCUT2D eigenvalue weighted by Gasteiger charge is 2.10. The van der Waals surface area contributed by atoms with E-state index in [4.69, 9.17) is 15.9 Å². The van der Waals surface area contributed by atoms with Gasteiger partial charge in [-0.2, -0.15) is 0 Å². The summed E-state index contributed by atoms with van der Waals surface area (Å²) in [5, 5.41) is 17.0. The molecule has 11 heavy (non-hydrogen) atoms. The maximum atomic E-state index is 10.6. The summed E-state index contributed by atoms with van der Waals surface area (Å²) in [5.74, 6) is -0.586. The SMILES string of the molecule is C[C@H](N)C(=O)OCC(O)CO. The second-order valence-electron chi connectivity index (χ2n) is 2.26. The van der Waals surface area contributed by atoms with E-state index in [2.05, 4.69) is 4.74 Å². The molecular formula is C6H13NO4. The zero-order valence-electron chi connectivity index (χ0n) is 6.36. The molecule has 0 heterocycles. The average molecular weight is 163 g/mol. The Morgan fingerprint density at radius 2 is 2.27 bits per heavy atom. The minimum Gasteiger partial charge on any atom is -0.462 e. The third-order valence-electron chi connectivity index (χ3n) is 1.00. The van der Waals surface area contributed by atoms with Gasteiger partial charge in [0.1, 0.15) is 18.8 Å². The zero-order chi connectivity index (χ0) is 8.85. The second-order valence-corrected chi connectivity index (χ2v) is 2.26. The molecule has 0 aromatic carbocycles. The molecule has 66 valence electrons. The molecule has 0 bridgehead atoms. The van der Waals surface area contributed by atoms with Crippen LogP contribution in [0.5, 0.6) is 0 Å². The van der Waals surface area contributed by atoms with Crippen molar-refractivity contribution >= 4 is 5.97 Å². The largest absolute Gasteiger partial charge is 0.462 e. The first-order chi connectivity index (χ1) is 5.07. The summed E-state index contributed by atoms with van der Waals surface area (Å²) >= 11 is 0. The Balaban J connectivity index is 3.46. The molecule has 0 fully saturated rings. The number of nitrogens with two attached hydrogens (primary N) is 1. The Morgan fingerprint density at radius 1 is 1.73 bits per heavy atom. The van der Waals surface area contributed by atoms with Crippen molar-refractivity contribution in [1.82, 2.24) is 0 Å². The summed E-state index contributed by atoms with van der Waals surface area (Å²) in [6.45, 7) is 0.844. The predicted molar refractivity (Wildman–Crippen MR) is 37.7 cm³/mol. The van der Waals surface area contributed by atoms with Crippen LogP contribution in [0.1, 0.15) is 6.92 Å². The smallest absolute Gasteiger partial charge is 0.322 e. The first kappa shape index (κ1) is 10.3. The van der Waals surface area contributed by atoms with Gasteiger partial charge >= 0.3 is 5.97 Å². The number of aliphatic hydroxyl groups is 2. The van der Waals surface area contributed by atoms with E-state index in [1.165, 1.54) is 6.92 Å². The standard InChI is InChI=1S/C6H13NO4/c1-4(7)6(10)11-3-5(9)2-8/h4-5,8-9H,2-3,7H2,1H3/t4-,5?/m0/s1. The number of hydrogen-bond donors (Lipinski definition) is 3. The number of ether oxygens (including phenoxy) is 1. The number of esters is 1. The third kappa shape index (κ3) is 4.72. The highest BCUT2D eigenvalue weighted by Crippen LogP contribution is 1.87. The van der Waals surface area contributed by atoms with Crippen LogP contribution >= 0.6 is 0 Å². The Labute approximate surface area is 64.8 Å². The van der Waals surface area contributed by atoms with Crippen LogP contribution in [0, 0.1) is 0 Å². The molecule has 0 aliphatic rings. The van der Waals surface area contributed by atoms with Gasteiger partial charge in [0.25, 0.3) is 0 Å². The van der Waals surface area contributed by atoms with Crippen LogP contribution in [-0.2, 0) is 9.53 Å². The van der Waals surface area contributed by atoms with Gasteiger partial charge in [0.15, 0.2) is 0 Å². The van der Waals surface area contributed by atoms with Crippen LogP contribution < -0.4 is 5.73 Å². The highest BCUT2D eigenvalue weighted by molar-refractivity contribution is 5.74. The summed E-state index contributed by atoms with van der Waals surface area (Å²) in [5.41, 5.74) is 5.14. The number of carbonyl (C=O) groups is 1. The van der Waals surface area contributed by atoms with E-state index >= 15 is 0 Å². The van der Waals surface area contributed by atoms with E-state index in [-0.39, 0.29) is 6.61 Å². The molecular weight excluding hydrogens is 150 g/mol. The number of carbonyl (C=O) groups excluding carboxylic acids is 1. The van der Waals surface area contributed by atoms with Crippen LogP contribution in [0.3, 0.4) is 0 Å². The molecule has 2 atom stereocenters. The fraction of sp³-hybridized carbons (Fsp3) is 0.833. The van der Waals surface area contributed by atoms with E-state index < -0.39 is 24.7 Å². The van der Waals surface area contributed by atoms with Gasteiger partial charge < -0.3 is 20.7 Å². The Hall–Kier alpha value is -0.650. The molecule has 0 radical (unpaired) electrons. The van der Waals surface area contributed by atoms with Crippen LogP contribution in [-0.4, -0.2) is 41.5 Å². The molecule has 4 N–H and O–H groups in total. The van der Waals surface area contributed by atoms with Crippen LogP contribution in [0.15, 0.2) is 0 Å². The summed E-state index contributed by atoms with van der Waals surface area (Å²) in [7, 11) is 0. The summed E-state index contributed by atoms with van der Waals surface area (Å²) in [6, 6.07) is -0.694. The lowest BCUT2D eigenvalue weighted by Gasteiger charge is -2.09. The molecule has 0 saturated carbocycles. The van der Waals surface area contributed by atoms with E-state index in [9.17, 15) is 4.79 Å². The fourth-order valence-electron chi connectivity index (χ4n) is 0.362. The molecule has 0 aliphatic heterocycles. The lowest BCUT2D eigenvalue weighted by molar-refractivity contribution is -0.148. The van der Waals surface area contributed by atoms with Gasteiger partial charge in [0.05, 0.1) is 6.61 Å². The van der Waals surface area contributed by atoms with Crippen molar-refractivity contribution in [2.45, 2.75) is 19.1 Å². The van der Waals surface area contributed by atoms with Gasteiger partial charge in [0.2, 0.25) is 0 Å². The van der Waals surface area contributed by atoms with Crippen molar-refractivity contribution in [1.29, 1.82) is 0 Å². The molecule has 0 amide bonds. The maximum Gasteiger partial charge on any atom is 0.322 e. The minimum atomic E-state index is -1.02. The minimum absolute atomic E-state index is 0.211. The maximum absolute atomic E-state index is 10.6. The van der Waals surface area contributed by atoms with Gasteiger partial charge in [-0.05, 0) is 6.92 Å². The van der Waals surface area contributed by atoms with Crippen molar-refractivity contribution in [2.75, 3.05) is 13.2 Å². The number of aliphatic hydroxyl groups excluding tert-OH is 2. The van der Waals surface area contributed by atoms with E-state index in [1.54, 1.807) is 0 Å². The van der Waals surface area contributed by atoms with Crippen molar-refractivity contribution < 1.29 is 19.7 Å². The van der Waals surface area contributed by atoms with Crippen molar-refractivity contribution in [3.63, 3.8) is 0 Å². The summed E-state index contributed by atoms with van der Waals surface area (Å²) in [4.78, 5) is 10.6. The molecule has 0 aliphatic carbocycles. The molecule has 5 heteroatoms. The first-order valence-corrected chi connectivity index (χ1v) is 3.29. The molecule has 5 nitrogen and oxygen atoms in total. The van der Waals surface area contributed by atoms with Gasteiger partial charge in [-0.15, -0.1) is 0 Å². The third-order valence-corrected chi connectivity index (χ3v) is 1.00. The highest BCUT2D eigenvalue weighted by atomic mass is 16.5. The van der Waals surface area contributed by atoms with Gasteiger partial charge in [-0.25, -0.2) is 0 Å². The Morgan fingerprint density at radius 3 is 2.64 bits per heavy atom. The van der Waals surface area contributed by atoms with Crippen molar-refractivity contribution in [3.8, 4) is 0 Å². The van der Waals surface area contributed by atoms with E-state index in [1.807, 2.05) is 0 Å². The van der Waals surface area contributed by atoms with Gasteiger partial charge in [-0.1, -0.05) is 0 Å². The van der Waals surface area contributed by atoms with Crippen molar-refractivity contribution in [2.24, 2.45) is 5.73 Å². The zero-order valence-corrected chi connectivity index (χ0v) is 6.36. The molecule has 1 unspecified atom stereocenters.